The second kappa shape index (κ2) is 11.2. The summed E-state index contributed by atoms with van der Waals surface area (Å²) in [4.78, 5) is 25.5. The third-order valence-corrected chi connectivity index (χ3v) is 5.07. The number of benzene rings is 1. The molecule has 0 aliphatic carbocycles. The number of rotatable bonds is 10. The fraction of sp³-hybridized carbons (Fsp3) is 0.208. The molecule has 0 atom stereocenters. The van der Waals surface area contributed by atoms with Gasteiger partial charge in [0.1, 0.15) is 18.2 Å². The number of aliphatic hydroxyl groups is 3. The molecule has 0 saturated carbocycles. The quantitative estimate of drug-likeness (QED) is 0.165. The number of hydrogen-bond donors (Lipinski definition) is 6. The largest absolute Gasteiger partial charge is 0.494 e. The molecule has 4 rings (SSSR count). The molecule has 198 valence electrons. The number of aryl methyl sites for hydroxylation is 1. The molecule has 0 spiro atoms. The molecule has 0 fully saturated rings. The van der Waals surface area contributed by atoms with Crippen molar-refractivity contribution in [3.8, 4) is 17.1 Å². The van der Waals surface area contributed by atoms with Gasteiger partial charge in [-0.2, -0.15) is 4.98 Å². The van der Waals surface area contributed by atoms with Crippen LogP contribution in [-0.4, -0.2) is 61.7 Å². The second-order valence-corrected chi connectivity index (χ2v) is 8.00. The Labute approximate surface area is 216 Å². The maximum absolute atomic E-state index is 12.7. The highest BCUT2D eigenvalue weighted by molar-refractivity contribution is 6.01. The van der Waals surface area contributed by atoms with E-state index >= 15 is 0 Å². The molecule has 0 radical (unpaired) electrons. The van der Waals surface area contributed by atoms with Crippen LogP contribution in [-0.2, 0) is 11.3 Å². The van der Waals surface area contributed by atoms with Crippen LogP contribution >= 0.6 is 0 Å². The summed E-state index contributed by atoms with van der Waals surface area (Å²) in [6.45, 7) is 2.04. The van der Waals surface area contributed by atoms with E-state index in [-0.39, 0.29) is 29.6 Å². The lowest BCUT2D eigenvalue weighted by Gasteiger charge is -2.19. The van der Waals surface area contributed by atoms with Crippen LogP contribution in [0.5, 0.6) is 5.75 Å². The van der Waals surface area contributed by atoms with Crippen molar-refractivity contribution in [2.45, 2.75) is 19.6 Å². The number of amides is 1. The van der Waals surface area contributed by atoms with Crippen molar-refractivity contribution in [1.29, 1.82) is 0 Å². The van der Waals surface area contributed by atoms with Gasteiger partial charge in [-0.15, -0.1) is 0 Å². The van der Waals surface area contributed by atoms with Crippen molar-refractivity contribution in [3.63, 3.8) is 0 Å². The molecular weight excluding hydrogens is 498 g/mol. The van der Waals surface area contributed by atoms with Gasteiger partial charge in [-0.3, -0.25) is 10.1 Å². The minimum absolute atomic E-state index is 0.122. The summed E-state index contributed by atoms with van der Waals surface area (Å²) in [5.41, 5.74) is 1.93. The number of carbonyl (C=O) groups excluding carboxylic acids is 1. The Morgan fingerprint density at radius 2 is 1.84 bits per heavy atom. The van der Waals surface area contributed by atoms with Crippen LogP contribution in [0, 0.1) is 6.92 Å². The van der Waals surface area contributed by atoms with E-state index in [1.165, 1.54) is 26.5 Å². The first-order chi connectivity index (χ1) is 18.2. The van der Waals surface area contributed by atoms with Crippen LogP contribution in [0.2, 0.25) is 0 Å². The molecule has 3 aromatic heterocycles. The SMILES string of the molecule is COCc1nc(-c2cccc(Nc3cc(Nc4cc(C)ccn4)ncc3C(=O)NC(O)(O)O)c2OC)no1. The Bertz CT molecular complexity index is 1440. The molecular formula is C24H25N7O7. The number of nitrogens with zero attached hydrogens (tertiary/aromatic N) is 4. The van der Waals surface area contributed by atoms with Crippen molar-refractivity contribution in [1.82, 2.24) is 25.4 Å². The lowest BCUT2D eigenvalue weighted by molar-refractivity contribution is -0.323. The Hall–Kier alpha value is -4.63. The van der Waals surface area contributed by atoms with Crippen molar-refractivity contribution in [3.05, 3.63) is 65.8 Å². The zero-order chi connectivity index (χ0) is 27.3. The molecule has 38 heavy (non-hydrogen) atoms. The normalized spacial score (nSPS) is 11.2. The van der Waals surface area contributed by atoms with Crippen molar-refractivity contribution in [2.75, 3.05) is 24.9 Å². The summed E-state index contributed by atoms with van der Waals surface area (Å²) in [6, 6.07) is 10.3. The van der Waals surface area contributed by atoms with Gasteiger partial charge in [0.25, 0.3) is 11.8 Å². The summed E-state index contributed by atoms with van der Waals surface area (Å²) in [6.07, 6.45) is -0.616. The highest BCUT2D eigenvalue weighted by atomic mass is 16.7. The maximum atomic E-state index is 12.7. The van der Waals surface area contributed by atoms with Gasteiger partial charge in [0, 0.05) is 25.6 Å². The molecule has 14 nitrogen and oxygen atoms in total. The molecule has 0 saturated heterocycles. The Morgan fingerprint density at radius 1 is 1.05 bits per heavy atom. The van der Waals surface area contributed by atoms with Gasteiger partial charge in [0.05, 0.1) is 29.6 Å². The van der Waals surface area contributed by atoms with Gasteiger partial charge < -0.3 is 39.9 Å². The number of aromatic nitrogens is 4. The molecule has 0 unspecified atom stereocenters. The summed E-state index contributed by atoms with van der Waals surface area (Å²) in [5, 5.41) is 39.5. The Kier molecular flexibility index (Phi) is 7.78. The van der Waals surface area contributed by atoms with Crippen LogP contribution in [0.15, 0.2) is 53.3 Å². The van der Waals surface area contributed by atoms with Crippen molar-refractivity contribution in [2.24, 2.45) is 0 Å². The first-order valence-corrected chi connectivity index (χ1v) is 11.1. The van der Waals surface area contributed by atoms with Gasteiger partial charge in [0.15, 0.2) is 5.75 Å². The Balaban J connectivity index is 1.74. The molecule has 14 heteroatoms. The minimum Gasteiger partial charge on any atom is -0.494 e. The lowest BCUT2D eigenvalue weighted by Crippen LogP contribution is -2.48. The number of pyridine rings is 2. The standard InChI is InChI=1S/C24H25N7O7/c1-13-7-8-25-18(9-13)28-19-10-17(15(11-26-19)23(32)30-24(33,34)35)27-16-6-4-5-14(21(16)37-3)22-29-20(12-36-2)38-31-22/h4-11,33-35H,12H2,1-3H3,(H,30,32)(H2,25,26,27,28). The van der Waals surface area contributed by atoms with Crippen LogP contribution in [0.25, 0.3) is 11.4 Å². The summed E-state index contributed by atoms with van der Waals surface area (Å²) < 4.78 is 15.8. The van der Waals surface area contributed by atoms with Gasteiger partial charge >= 0.3 is 6.10 Å². The number of anilines is 4. The van der Waals surface area contributed by atoms with E-state index < -0.39 is 12.0 Å². The molecule has 6 N–H and O–H groups in total. The average molecular weight is 524 g/mol. The monoisotopic (exact) mass is 523 g/mol. The minimum atomic E-state index is -3.44. The summed E-state index contributed by atoms with van der Waals surface area (Å²) in [7, 11) is 2.96. The number of carbonyl (C=O) groups is 1. The second-order valence-electron chi connectivity index (χ2n) is 8.00. The summed E-state index contributed by atoms with van der Waals surface area (Å²) >= 11 is 0. The third kappa shape index (κ3) is 6.37. The van der Waals surface area contributed by atoms with Crippen molar-refractivity contribution >= 4 is 28.9 Å². The van der Waals surface area contributed by atoms with Gasteiger partial charge in [-0.05, 0) is 36.8 Å². The number of methoxy groups -OCH3 is 2. The van der Waals surface area contributed by atoms with Crippen LogP contribution < -0.4 is 20.7 Å². The molecule has 0 aliphatic heterocycles. The van der Waals surface area contributed by atoms with E-state index in [4.69, 9.17) is 14.0 Å². The highest BCUT2D eigenvalue weighted by Gasteiger charge is 2.25. The average Bonchev–Trinajstić information content (AvgIpc) is 3.32. The first-order valence-electron chi connectivity index (χ1n) is 11.1. The van der Waals surface area contributed by atoms with Gasteiger partial charge in [0.2, 0.25) is 5.82 Å². The number of ether oxygens (including phenoxy) is 2. The van der Waals surface area contributed by atoms with E-state index in [2.05, 4.69) is 30.7 Å². The van der Waals surface area contributed by atoms with Crippen LogP contribution in [0.4, 0.5) is 23.0 Å². The van der Waals surface area contributed by atoms with E-state index in [9.17, 15) is 20.1 Å². The molecule has 1 aromatic carbocycles. The fourth-order valence-electron chi connectivity index (χ4n) is 3.49. The van der Waals surface area contributed by atoms with E-state index in [1.54, 1.807) is 29.7 Å². The summed E-state index contributed by atoms with van der Waals surface area (Å²) in [5.74, 6) is 0.675. The smallest absolute Gasteiger partial charge is 0.369 e. The molecule has 0 bridgehead atoms. The predicted octanol–water partition coefficient (Wildman–Crippen LogP) is 1.80. The molecule has 1 amide bonds. The van der Waals surface area contributed by atoms with Gasteiger partial charge in [-0.1, -0.05) is 11.2 Å². The zero-order valence-electron chi connectivity index (χ0n) is 20.6. The van der Waals surface area contributed by atoms with E-state index in [0.717, 1.165) is 5.56 Å². The zero-order valence-corrected chi connectivity index (χ0v) is 20.6. The molecule has 0 aliphatic rings. The predicted molar refractivity (Wildman–Crippen MR) is 134 cm³/mol. The van der Waals surface area contributed by atoms with E-state index in [1.807, 2.05) is 19.1 Å². The first kappa shape index (κ1) is 26.4. The van der Waals surface area contributed by atoms with E-state index in [0.29, 0.717) is 28.6 Å². The molecule has 3 heterocycles. The lowest BCUT2D eigenvalue weighted by atomic mass is 10.1. The molecule has 4 aromatic rings. The topological polar surface area (TPSA) is 197 Å². The highest BCUT2D eigenvalue weighted by Crippen LogP contribution is 2.37. The third-order valence-electron chi connectivity index (χ3n) is 5.07. The number of hydrogen-bond acceptors (Lipinski definition) is 13. The number of nitrogens with one attached hydrogen (secondary N) is 3. The maximum Gasteiger partial charge on any atom is 0.369 e. The fourth-order valence-corrected chi connectivity index (χ4v) is 3.49. The van der Waals surface area contributed by atoms with Gasteiger partial charge in [-0.25, -0.2) is 9.97 Å². The van der Waals surface area contributed by atoms with Crippen LogP contribution in [0.1, 0.15) is 21.8 Å². The van der Waals surface area contributed by atoms with Crippen LogP contribution in [0.3, 0.4) is 0 Å². The Morgan fingerprint density at radius 3 is 2.55 bits per heavy atom. The van der Waals surface area contributed by atoms with Crippen molar-refractivity contribution < 1.29 is 34.1 Å². The number of para-hydroxylation sites is 1.